The molecule has 7 unspecified atom stereocenters. The van der Waals surface area contributed by atoms with Crippen LogP contribution in [0.25, 0.3) is 0 Å². The van der Waals surface area contributed by atoms with Crippen molar-refractivity contribution in [3.8, 4) is 0 Å². The van der Waals surface area contributed by atoms with E-state index in [-0.39, 0.29) is 31.1 Å². The summed E-state index contributed by atoms with van der Waals surface area (Å²) in [6.07, 6.45) is 1.86. The minimum atomic E-state index is -0.574. The van der Waals surface area contributed by atoms with E-state index in [1.165, 1.54) is 0 Å². The summed E-state index contributed by atoms with van der Waals surface area (Å²) in [5, 5.41) is 20.4. The Balaban J connectivity index is 0.00000144. The largest absolute Gasteiger partial charge is 0.460 e. The molecule has 0 saturated heterocycles. The quantitative estimate of drug-likeness (QED) is 0.576. The predicted molar refractivity (Wildman–Crippen MR) is 82.9 cm³/mol. The van der Waals surface area contributed by atoms with Crippen molar-refractivity contribution in [1.82, 2.24) is 0 Å². The van der Waals surface area contributed by atoms with Gasteiger partial charge in [-0.3, -0.25) is 4.79 Å². The predicted octanol–water partition coefficient (Wildman–Crippen LogP) is 2.22. The van der Waals surface area contributed by atoms with E-state index < -0.39 is 17.8 Å². The highest BCUT2D eigenvalue weighted by molar-refractivity contribution is 5.74. The van der Waals surface area contributed by atoms with Gasteiger partial charge in [-0.2, -0.15) is 0 Å². The SMILES string of the molecule is C.CC(C)(C)OC(=O)C1CC2CC1C1C2C2CC1[C@H](O)[C@@H]2O. The van der Waals surface area contributed by atoms with Crippen LogP contribution in [0.5, 0.6) is 0 Å². The van der Waals surface area contributed by atoms with Crippen LogP contribution in [0.15, 0.2) is 0 Å². The van der Waals surface area contributed by atoms with E-state index in [2.05, 4.69) is 0 Å². The van der Waals surface area contributed by atoms with Gasteiger partial charge in [-0.05, 0) is 75.5 Å². The molecule has 22 heavy (non-hydrogen) atoms. The minimum Gasteiger partial charge on any atom is -0.460 e. The Morgan fingerprint density at radius 1 is 0.955 bits per heavy atom. The Bertz CT molecular complexity index is 468. The van der Waals surface area contributed by atoms with Crippen molar-refractivity contribution in [2.45, 2.75) is 65.3 Å². The molecule has 4 aliphatic rings. The second-order valence-corrected chi connectivity index (χ2v) is 8.73. The van der Waals surface area contributed by atoms with Crippen molar-refractivity contribution in [3.05, 3.63) is 0 Å². The number of ether oxygens (including phenoxy) is 1. The second-order valence-electron chi connectivity index (χ2n) is 8.73. The van der Waals surface area contributed by atoms with Crippen LogP contribution in [0.1, 0.15) is 47.5 Å². The Kier molecular flexibility index (Phi) is 3.65. The van der Waals surface area contributed by atoms with Gasteiger partial charge in [0.15, 0.2) is 0 Å². The number of esters is 1. The number of aliphatic hydroxyl groups excluding tert-OH is 2. The lowest BCUT2D eigenvalue weighted by molar-refractivity contribution is -0.165. The van der Waals surface area contributed by atoms with Crippen LogP contribution in [-0.4, -0.2) is 34.0 Å². The summed E-state index contributed by atoms with van der Waals surface area (Å²) in [5.41, 5.74) is -0.428. The van der Waals surface area contributed by atoms with E-state index in [0.717, 1.165) is 19.3 Å². The zero-order valence-electron chi connectivity index (χ0n) is 13.0. The molecule has 4 saturated carbocycles. The van der Waals surface area contributed by atoms with Crippen LogP contribution in [0.4, 0.5) is 0 Å². The number of carbonyl (C=O) groups is 1. The fourth-order valence-electron chi connectivity index (χ4n) is 6.21. The van der Waals surface area contributed by atoms with E-state index >= 15 is 0 Å². The van der Waals surface area contributed by atoms with Crippen LogP contribution in [0, 0.1) is 41.4 Å². The van der Waals surface area contributed by atoms with Gasteiger partial charge in [0.2, 0.25) is 0 Å². The fraction of sp³-hybridized carbons (Fsp3) is 0.944. The molecule has 4 aliphatic carbocycles. The van der Waals surface area contributed by atoms with Gasteiger partial charge in [0.05, 0.1) is 18.1 Å². The molecular weight excluding hydrogens is 280 g/mol. The maximum absolute atomic E-state index is 12.5. The smallest absolute Gasteiger partial charge is 0.309 e. The molecule has 4 bridgehead atoms. The Hall–Kier alpha value is -0.610. The van der Waals surface area contributed by atoms with Crippen molar-refractivity contribution >= 4 is 5.97 Å². The van der Waals surface area contributed by atoms with E-state index in [0.29, 0.717) is 23.7 Å². The molecule has 0 aromatic rings. The lowest BCUT2D eigenvalue weighted by Gasteiger charge is -2.41. The summed E-state index contributed by atoms with van der Waals surface area (Å²) in [5.74, 6) is 2.33. The summed E-state index contributed by atoms with van der Waals surface area (Å²) in [6.45, 7) is 5.75. The first kappa shape index (κ1) is 16.3. The number of carbonyl (C=O) groups excluding carboxylic acids is 1. The molecule has 0 heterocycles. The van der Waals surface area contributed by atoms with Gasteiger partial charge >= 0.3 is 5.97 Å². The number of hydrogen-bond acceptors (Lipinski definition) is 4. The second kappa shape index (κ2) is 4.94. The van der Waals surface area contributed by atoms with Gasteiger partial charge in [-0.15, -0.1) is 0 Å². The molecule has 0 spiro atoms. The molecule has 4 heteroatoms. The van der Waals surface area contributed by atoms with E-state index in [1.807, 2.05) is 20.8 Å². The fourth-order valence-corrected chi connectivity index (χ4v) is 6.21. The summed E-state index contributed by atoms with van der Waals surface area (Å²) in [6, 6.07) is 0. The summed E-state index contributed by atoms with van der Waals surface area (Å²) >= 11 is 0. The maximum Gasteiger partial charge on any atom is 0.309 e. The summed E-state index contributed by atoms with van der Waals surface area (Å²) < 4.78 is 5.60. The van der Waals surface area contributed by atoms with Gasteiger partial charge in [-0.25, -0.2) is 0 Å². The highest BCUT2D eigenvalue weighted by Gasteiger charge is 2.68. The summed E-state index contributed by atoms with van der Waals surface area (Å²) in [4.78, 5) is 12.5. The van der Waals surface area contributed by atoms with Gasteiger partial charge in [0, 0.05) is 0 Å². The molecule has 4 fully saturated rings. The van der Waals surface area contributed by atoms with Gasteiger partial charge in [0.25, 0.3) is 0 Å². The molecule has 4 nitrogen and oxygen atoms in total. The average molecular weight is 310 g/mol. The zero-order chi connectivity index (χ0) is 15.1. The highest BCUT2D eigenvalue weighted by atomic mass is 16.6. The topological polar surface area (TPSA) is 66.8 Å². The third-order valence-corrected chi connectivity index (χ3v) is 6.60. The maximum atomic E-state index is 12.5. The number of aliphatic hydroxyl groups is 2. The number of hydrogen-bond donors (Lipinski definition) is 2. The van der Waals surface area contributed by atoms with E-state index in [9.17, 15) is 15.0 Å². The molecule has 0 aromatic heterocycles. The van der Waals surface area contributed by atoms with Crippen LogP contribution in [0.2, 0.25) is 0 Å². The summed E-state index contributed by atoms with van der Waals surface area (Å²) in [7, 11) is 0. The highest BCUT2D eigenvalue weighted by Crippen LogP contribution is 2.68. The molecule has 4 rings (SSSR count). The van der Waals surface area contributed by atoms with E-state index in [4.69, 9.17) is 4.74 Å². The first-order chi connectivity index (χ1) is 9.78. The van der Waals surface area contributed by atoms with Crippen molar-refractivity contribution in [3.63, 3.8) is 0 Å². The molecule has 0 aromatic carbocycles. The van der Waals surface area contributed by atoms with Crippen LogP contribution in [0.3, 0.4) is 0 Å². The lowest BCUT2D eigenvalue weighted by Crippen LogP contribution is -2.47. The van der Waals surface area contributed by atoms with Crippen LogP contribution in [-0.2, 0) is 9.53 Å². The van der Waals surface area contributed by atoms with Gasteiger partial charge in [-0.1, -0.05) is 7.43 Å². The van der Waals surface area contributed by atoms with Crippen molar-refractivity contribution in [2.24, 2.45) is 41.4 Å². The molecule has 0 aliphatic heterocycles. The molecule has 2 N–H and O–H groups in total. The third-order valence-electron chi connectivity index (χ3n) is 6.60. The van der Waals surface area contributed by atoms with Crippen LogP contribution >= 0.6 is 0 Å². The van der Waals surface area contributed by atoms with Crippen LogP contribution < -0.4 is 0 Å². The van der Waals surface area contributed by atoms with Crippen molar-refractivity contribution < 1.29 is 19.7 Å². The average Bonchev–Trinajstić information content (AvgIpc) is 3.07. The van der Waals surface area contributed by atoms with Gasteiger partial charge < -0.3 is 14.9 Å². The van der Waals surface area contributed by atoms with Crippen molar-refractivity contribution in [1.29, 1.82) is 0 Å². The molecular formula is C18H30O4. The molecule has 126 valence electrons. The molecule has 9 atom stereocenters. The Labute approximate surface area is 133 Å². The first-order valence-corrected chi connectivity index (χ1v) is 8.37. The van der Waals surface area contributed by atoms with E-state index in [1.54, 1.807) is 0 Å². The van der Waals surface area contributed by atoms with Crippen molar-refractivity contribution in [2.75, 3.05) is 0 Å². The number of rotatable bonds is 1. The zero-order valence-corrected chi connectivity index (χ0v) is 13.0. The third kappa shape index (κ3) is 2.06. The minimum absolute atomic E-state index is 0. The first-order valence-electron chi connectivity index (χ1n) is 8.37. The standard InChI is InChI=1S/C17H26O4.CH4/c1-17(2,3)21-16(20)9-5-7-4-8(9)13-11-6-10(12(7)13)14(18)15(11)19;/h7-15,18-19H,4-6H2,1-3H3;1H4/t7?,8?,9?,10?,11?,12?,13?,14-,15+;/m1./s1. The normalized spacial score (nSPS) is 51.6. The molecule has 0 radical (unpaired) electrons. The molecule has 0 amide bonds. The van der Waals surface area contributed by atoms with Gasteiger partial charge in [0.1, 0.15) is 5.60 Å². The lowest BCUT2D eigenvalue weighted by atomic mass is 9.66. The Morgan fingerprint density at radius 3 is 2.14 bits per heavy atom. The Morgan fingerprint density at radius 2 is 1.55 bits per heavy atom. The number of fused-ring (bicyclic) bond motifs is 9. The monoisotopic (exact) mass is 310 g/mol.